The molecule has 19 heavy (non-hydrogen) atoms. The van der Waals surface area contributed by atoms with Crippen LogP contribution in [0.4, 0.5) is 0 Å². The maximum Gasteiger partial charge on any atom is 0.256 e. The number of hydrogen-bond acceptors (Lipinski definition) is 3. The number of amides is 1. The van der Waals surface area contributed by atoms with E-state index in [0.29, 0.717) is 5.96 Å². The van der Waals surface area contributed by atoms with E-state index in [1.54, 1.807) is 0 Å². The summed E-state index contributed by atoms with van der Waals surface area (Å²) in [5.74, 6) is 0.455. The number of nitrogens with zero attached hydrogens (tertiary/aromatic N) is 1. The summed E-state index contributed by atoms with van der Waals surface area (Å²) in [6.07, 6.45) is 0. The van der Waals surface area contributed by atoms with Gasteiger partial charge >= 0.3 is 0 Å². The maximum atomic E-state index is 12.0. The van der Waals surface area contributed by atoms with Crippen LogP contribution in [0.15, 0.2) is 27.7 Å². The van der Waals surface area contributed by atoms with Gasteiger partial charge in [0.25, 0.3) is 5.91 Å². The average Bonchev–Trinajstić information content (AvgIpc) is 2.61. The zero-order valence-electron chi connectivity index (χ0n) is 11.5. The lowest BCUT2D eigenvalue weighted by molar-refractivity contribution is -0.120. The van der Waals surface area contributed by atoms with Gasteiger partial charge < -0.3 is 5.32 Å². The molecule has 1 aromatic rings. The van der Waals surface area contributed by atoms with Crippen LogP contribution in [0, 0.1) is 6.92 Å². The minimum atomic E-state index is -0.461. The van der Waals surface area contributed by atoms with E-state index in [1.165, 1.54) is 0 Å². The lowest BCUT2D eigenvalue weighted by Gasteiger charge is -2.21. The standard InChI is InChI=1S/C14H18BrN3O/c1-8-7-9(5-6-10(8)15)11-12(19)17-13(16-11)18-14(2,3)4/h5-7,11H,1-4H3,(H2,16,17,18,19). The first-order chi connectivity index (χ1) is 8.76. The molecule has 0 fully saturated rings. The van der Waals surface area contributed by atoms with Crippen LogP contribution >= 0.6 is 15.9 Å². The third-order valence-electron chi connectivity index (χ3n) is 2.74. The van der Waals surface area contributed by atoms with Crippen molar-refractivity contribution in [1.29, 1.82) is 0 Å². The molecule has 0 saturated carbocycles. The van der Waals surface area contributed by atoms with Crippen LogP contribution in [0.25, 0.3) is 0 Å². The van der Waals surface area contributed by atoms with Crippen LogP contribution in [0.1, 0.15) is 37.9 Å². The van der Waals surface area contributed by atoms with Crippen LogP contribution in [0.3, 0.4) is 0 Å². The first kappa shape index (κ1) is 14.1. The number of aryl methyl sites for hydroxylation is 1. The van der Waals surface area contributed by atoms with Crippen molar-refractivity contribution >= 4 is 27.8 Å². The highest BCUT2D eigenvalue weighted by Gasteiger charge is 2.29. The second-order valence-corrected chi connectivity index (χ2v) is 6.61. The Morgan fingerprint density at radius 2 is 2.05 bits per heavy atom. The molecule has 1 heterocycles. The Morgan fingerprint density at radius 3 is 2.63 bits per heavy atom. The van der Waals surface area contributed by atoms with Gasteiger partial charge in [-0.2, -0.15) is 0 Å². The minimum Gasteiger partial charge on any atom is -0.351 e. The fraction of sp³-hybridized carbons (Fsp3) is 0.429. The quantitative estimate of drug-likeness (QED) is 0.834. The molecule has 1 aromatic carbocycles. The molecule has 0 saturated heterocycles. The molecule has 0 radical (unpaired) electrons. The Balaban J connectivity index is 2.25. The fourth-order valence-corrected chi connectivity index (χ4v) is 2.13. The lowest BCUT2D eigenvalue weighted by atomic mass is 10.1. The summed E-state index contributed by atoms with van der Waals surface area (Å²) in [5.41, 5.74) is 1.87. The largest absolute Gasteiger partial charge is 0.351 e. The van der Waals surface area contributed by atoms with Crippen molar-refractivity contribution in [3.05, 3.63) is 33.8 Å². The number of aliphatic imine (C=N–C) groups is 1. The zero-order chi connectivity index (χ0) is 14.2. The molecular weight excluding hydrogens is 306 g/mol. The van der Waals surface area contributed by atoms with E-state index in [9.17, 15) is 4.79 Å². The molecule has 2 rings (SSSR count). The summed E-state index contributed by atoms with van der Waals surface area (Å²) < 4.78 is 1.03. The number of carbonyl (C=O) groups excluding carboxylic acids is 1. The third-order valence-corrected chi connectivity index (χ3v) is 3.63. The highest BCUT2D eigenvalue weighted by Crippen LogP contribution is 2.25. The predicted molar refractivity (Wildman–Crippen MR) is 80.1 cm³/mol. The topological polar surface area (TPSA) is 53.5 Å². The highest BCUT2D eigenvalue weighted by molar-refractivity contribution is 9.10. The van der Waals surface area contributed by atoms with Gasteiger partial charge in [-0.25, -0.2) is 4.99 Å². The smallest absolute Gasteiger partial charge is 0.256 e. The van der Waals surface area contributed by atoms with Gasteiger partial charge in [-0.15, -0.1) is 0 Å². The van der Waals surface area contributed by atoms with E-state index >= 15 is 0 Å². The molecule has 2 N–H and O–H groups in total. The van der Waals surface area contributed by atoms with Gasteiger partial charge in [0.2, 0.25) is 0 Å². The number of hydrogen-bond donors (Lipinski definition) is 2. The van der Waals surface area contributed by atoms with Gasteiger partial charge in [0.05, 0.1) is 0 Å². The van der Waals surface area contributed by atoms with Crippen LogP contribution < -0.4 is 10.6 Å². The van der Waals surface area contributed by atoms with Gasteiger partial charge in [-0.1, -0.05) is 28.1 Å². The Bertz CT molecular complexity index is 546. The van der Waals surface area contributed by atoms with E-state index in [-0.39, 0.29) is 11.4 Å². The van der Waals surface area contributed by atoms with E-state index in [4.69, 9.17) is 0 Å². The third kappa shape index (κ3) is 3.35. The fourth-order valence-electron chi connectivity index (χ4n) is 1.89. The Kier molecular flexibility index (Phi) is 3.67. The Morgan fingerprint density at radius 1 is 1.37 bits per heavy atom. The molecule has 1 aliphatic heterocycles. The van der Waals surface area contributed by atoms with Crippen molar-refractivity contribution < 1.29 is 4.79 Å². The van der Waals surface area contributed by atoms with Gasteiger partial charge in [-0.05, 0) is 44.9 Å². The average molecular weight is 324 g/mol. The van der Waals surface area contributed by atoms with Crippen LogP contribution in [-0.4, -0.2) is 17.4 Å². The van der Waals surface area contributed by atoms with Crippen molar-refractivity contribution in [2.75, 3.05) is 0 Å². The molecule has 0 aliphatic carbocycles. The highest BCUT2D eigenvalue weighted by atomic mass is 79.9. The van der Waals surface area contributed by atoms with Crippen molar-refractivity contribution in [1.82, 2.24) is 10.6 Å². The van der Waals surface area contributed by atoms with E-state index in [1.807, 2.05) is 45.9 Å². The molecule has 102 valence electrons. The lowest BCUT2D eigenvalue weighted by Crippen LogP contribution is -2.46. The molecule has 0 spiro atoms. The Labute approximate surface area is 121 Å². The minimum absolute atomic E-state index is 0.0894. The second-order valence-electron chi connectivity index (χ2n) is 5.75. The monoisotopic (exact) mass is 323 g/mol. The number of nitrogens with one attached hydrogen (secondary N) is 2. The molecule has 1 unspecified atom stereocenters. The van der Waals surface area contributed by atoms with E-state index in [2.05, 4.69) is 31.6 Å². The normalized spacial score (nSPS) is 19.1. The summed E-state index contributed by atoms with van der Waals surface area (Å²) in [6, 6.07) is 5.39. The first-order valence-electron chi connectivity index (χ1n) is 6.19. The van der Waals surface area contributed by atoms with Gasteiger partial charge in [0.15, 0.2) is 12.0 Å². The molecule has 1 aliphatic rings. The summed E-state index contributed by atoms with van der Waals surface area (Å²) in [5, 5.41) is 5.96. The summed E-state index contributed by atoms with van der Waals surface area (Å²) in [6.45, 7) is 8.08. The van der Waals surface area contributed by atoms with Gasteiger partial charge in [0.1, 0.15) is 0 Å². The molecule has 5 heteroatoms. The summed E-state index contributed by atoms with van der Waals surface area (Å²) in [4.78, 5) is 16.4. The number of benzene rings is 1. The maximum absolute atomic E-state index is 12.0. The molecule has 0 aromatic heterocycles. The molecule has 1 amide bonds. The van der Waals surface area contributed by atoms with Crippen molar-refractivity contribution in [2.24, 2.45) is 4.99 Å². The van der Waals surface area contributed by atoms with Gasteiger partial charge in [-0.3, -0.25) is 10.1 Å². The molecule has 4 nitrogen and oxygen atoms in total. The summed E-state index contributed by atoms with van der Waals surface area (Å²) >= 11 is 3.46. The number of carbonyl (C=O) groups is 1. The van der Waals surface area contributed by atoms with Crippen molar-refractivity contribution in [3.8, 4) is 0 Å². The van der Waals surface area contributed by atoms with Crippen LogP contribution in [-0.2, 0) is 4.79 Å². The Hall–Kier alpha value is -1.36. The van der Waals surface area contributed by atoms with Crippen LogP contribution in [0.2, 0.25) is 0 Å². The second kappa shape index (κ2) is 4.96. The number of guanidine groups is 1. The molecule has 0 bridgehead atoms. The number of halogens is 1. The van der Waals surface area contributed by atoms with E-state index < -0.39 is 6.04 Å². The SMILES string of the molecule is Cc1cc(C2N=C(NC(C)(C)C)NC2=O)ccc1Br. The zero-order valence-corrected chi connectivity index (χ0v) is 13.1. The van der Waals surface area contributed by atoms with E-state index in [0.717, 1.165) is 15.6 Å². The van der Waals surface area contributed by atoms with Crippen molar-refractivity contribution in [2.45, 2.75) is 39.3 Å². The van der Waals surface area contributed by atoms with Crippen LogP contribution in [0.5, 0.6) is 0 Å². The molecular formula is C14H18BrN3O. The first-order valence-corrected chi connectivity index (χ1v) is 6.98. The predicted octanol–water partition coefficient (Wildman–Crippen LogP) is 2.67. The van der Waals surface area contributed by atoms with Crippen molar-refractivity contribution in [3.63, 3.8) is 0 Å². The summed E-state index contributed by atoms with van der Waals surface area (Å²) in [7, 11) is 0. The van der Waals surface area contributed by atoms with Gasteiger partial charge in [0, 0.05) is 10.0 Å². The molecule has 1 atom stereocenters. The number of rotatable bonds is 1.